The summed E-state index contributed by atoms with van der Waals surface area (Å²) in [6.07, 6.45) is 5.23. The first-order valence-electron chi connectivity index (χ1n) is 9.48. The molecule has 1 aliphatic heterocycles. The maximum Gasteiger partial charge on any atom is 0.252 e. The first-order chi connectivity index (χ1) is 13.7. The monoisotopic (exact) mass is 391 g/mol. The number of pyridine rings is 1. The number of nitrogens with one attached hydrogen (secondary N) is 1. The number of benzene rings is 2. The van der Waals surface area contributed by atoms with Gasteiger partial charge in [-0.3, -0.25) is 9.78 Å². The summed E-state index contributed by atoms with van der Waals surface area (Å²) < 4.78 is 0. The first-order valence-corrected chi connectivity index (χ1v) is 9.86. The summed E-state index contributed by atoms with van der Waals surface area (Å²) in [4.78, 5) is 19.1. The molecule has 5 heteroatoms. The van der Waals surface area contributed by atoms with Gasteiger partial charge in [0.2, 0.25) is 0 Å². The van der Waals surface area contributed by atoms with Crippen molar-refractivity contribution < 1.29 is 4.79 Å². The van der Waals surface area contributed by atoms with Crippen LogP contribution in [0.3, 0.4) is 0 Å². The number of hydrogen-bond donors (Lipinski definition) is 1. The van der Waals surface area contributed by atoms with Gasteiger partial charge in [0.15, 0.2) is 0 Å². The lowest BCUT2D eigenvalue weighted by molar-refractivity contribution is 0.0954. The third kappa shape index (κ3) is 4.34. The molecule has 0 atom stereocenters. The van der Waals surface area contributed by atoms with Crippen LogP contribution < -0.4 is 10.2 Å². The van der Waals surface area contributed by atoms with Gasteiger partial charge in [0.1, 0.15) is 0 Å². The van der Waals surface area contributed by atoms with E-state index in [0.717, 1.165) is 42.2 Å². The number of fused-ring (bicyclic) bond motifs is 1. The zero-order valence-electron chi connectivity index (χ0n) is 15.6. The van der Waals surface area contributed by atoms with Gasteiger partial charge in [-0.1, -0.05) is 48.0 Å². The molecule has 0 fully saturated rings. The van der Waals surface area contributed by atoms with E-state index < -0.39 is 0 Å². The fourth-order valence-corrected chi connectivity index (χ4v) is 3.64. The van der Waals surface area contributed by atoms with Gasteiger partial charge in [-0.25, -0.2) is 0 Å². The van der Waals surface area contributed by atoms with Crippen LogP contribution in [0.5, 0.6) is 0 Å². The second-order valence-corrected chi connectivity index (χ2v) is 7.44. The average Bonchev–Trinajstić information content (AvgIpc) is 2.75. The molecule has 0 saturated carbocycles. The fraction of sp³-hybridized carbons (Fsp3) is 0.217. The highest BCUT2D eigenvalue weighted by Crippen LogP contribution is 2.24. The number of hydrogen-bond acceptors (Lipinski definition) is 3. The molecule has 3 aromatic rings. The van der Waals surface area contributed by atoms with Crippen LogP contribution in [0, 0.1) is 0 Å². The molecule has 28 heavy (non-hydrogen) atoms. The molecule has 0 unspecified atom stereocenters. The number of nitrogens with zero attached hydrogens (tertiary/aromatic N) is 2. The number of carbonyl (C=O) groups is 1. The molecule has 2 heterocycles. The normalized spacial score (nSPS) is 13.1. The molecule has 1 amide bonds. The van der Waals surface area contributed by atoms with E-state index in [1.165, 1.54) is 11.1 Å². The Morgan fingerprint density at radius 2 is 1.86 bits per heavy atom. The Bertz CT molecular complexity index is 972. The second kappa shape index (κ2) is 8.44. The molecule has 4 rings (SSSR count). The molecular weight excluding hydrogens is 370 g/mol. The quantitative estimate of drug-likeness (QED) is 0.706. The van der Waals surface area contributed by atoms with Crippen LogP contribution in [0.4, 0.5) is 5.69 Å². The number of carbonyl (C=O) groups excluding carboxylic acids is 1. The molecule has 4 nitrogen and oxygen atoms in total. The Balaban J connectivity index is 1.38. The van der Waals surface area contributed by atoms with Crippen molar-refractivity contribution in [2.24, 2.45) is 0 Å². The summed E-state index contributed by atoms with van der Waals surface area (Å²) in [7, 11) is 0. The van der Waals surface area contributed by atoms with Crippen LogP contribution in [0.2, 0.25) is 5.02 Å². The van der Waals surface area contributed by atoms with Gasteiger partial charge in [-0.2, -0.15) is 0 Å². The van der Waals surface area contributed by atoms with Crippen LogP contribution in [-0.2, 0) is 19.4 Å². The lowest BCUT2D eigenvalue weighted by Crippen LogP contribution is -2.31. The van der Waals surface area contributed by atoms with E-state index in [-0.39, 0.29) is 5.91 Å². The SMILES string of the molecule is O=C(NCCc1ccc(Cl)cc1)c1cncc(N2CCc3ccccc3C2)c1. The Hall–Kier alpha value is -2.85. The van der Waals surface area contributed by atoms with Crippen LogP contribution in [-0.4, -0.2) is 24.0 Å². The van der Waals surface area contributed by atoms with Crippen LogP contribution in [0.25, 0.3) is 0 Å². The molecule has 0 radical (unpaired) electrons. The van der Waals surface area contributed by atoms with E-state index in [1.807, 2.05) is 36.5 Å². The van der Waals surface area contributed by atoms with E-state index in [9.17, 15) is 4.79 Å². The van der Waals surface area contributed by atoms with Crippen LogP contribution in [0.1, 0.15) is 27.0 Å². The predicted octanol–water partition coefficient (Wildman–Crippen LogP) is 4.27. The topological polar surface area (TPSA) is 45.2 Å². The fourth-order valence-electron chi connectivity index (χ4n) is 3.51. The van der Waals surface area contributed by atoms with Gasteiger partial charge < -0.3 is 10.2 Å². The molecule has 2 aromatic carbocycles. The van der Waals surface area contributed by atoms with Crippen molar-refractivity contribution in [3.8, 4) is 0 Å². The molecule has 0 saturated heterocycles. The summed E-state index contributed by atoms with van der Waals surface area (Å²) in [6, 6.07) is 18.1. The number of rotatable bonds is 5. The van der Waals surface area contributed by atoms with Crippen molar-refractivity contribution in [3.05, 3.63) is 94.3 Å². The third-order valence-electron chi connectivity index (χ3n) is 5.09. The van der Waals surface area contributed by atoms with E-state index in [2.05, 4.69) is 39.5 Å². The minimum absolute atomic E-state index is 0.0966. The summed E-state index contributed by atoms with van der Waals surface area (Å²) in [5.74, 6) is -0.0966. The highest BCUT2D eigenvalue weighted by atomic mass is 35.5. The molecule has 0 aliphatic carbocycles. The van der Waals surface area contributed by atoms with Crippen molar-refractivity contribution in [2.75, 3.05) is 18.0 Å². The highest BCUT2D eigenvalue weighted by molar-refractivity contribution is 6.30. The van der Waals surface area contributed by atoms with Crippen molar-refractivity contribution in [1.82, 2.24) is 10.3 Å². The van der Waals surface area contributed by atoms with E-state index >= 15 is 0 Å². The molecular formula is C23H22ClN3O. The molecule has 1 N–H and O–H groups in total. The average molecular weight is 392 g/mol. The Kier molecular flexibility index (Phi) is 5.58. The summed E-state index contributed by atoms with van der Waals surface area (Å²) >= 11 is 5.90. The lowest BCUT2D eigenvalue weighted by Gasteiger charge is -2.30. The smallest absolute Gasteiger partial charge is 0.252 e. The minimum atomic E-state index is -0.0966. The molecule has 1 aromatic heterocycles. The van der Waals surface area contributed by atoms with Gasteiger partial charge in [0.25, 0.3) is 5.91 Å². The zero-order valence-corrected chi connectivity index (χ0v) is 16.3. The number of halogens is 1. The van der Waals surface area contributed by atoms with Crippen molar-refractivity contribution >= 4 is 23.2 Å². The van der Waals surface area contributed by atoms with Crippen LogP contribution >= 0.6 is 11.6 Å². The third-order valence-corrected chi connectivity index (χ3v) is 5.35. The second-order valence-electron chi connectivity index (χ2n) is 7.00. The number of aromatic nitrogens is 1. The van der Waals surface area contributed by atoms with Crippen molar-refractivity contribution in [3.63, 3.8) is 0 Å². The molecule has 0 spiro atoms. The largest absolute Gasteiger partial charge is 0.366 e. The standard InChI is InChI=1S/C23H22ClN3O/c24-21-7-5-17(6-8-21)9-11-26-23(28)20-13-22(15-25-14-20)27-12-10-18-3-1-2-4-19(18)16-27/h1-8,13-15H,9-12,16H2,(H,26,28). The molecule has 0 bridgehead atoms. The number of anilines is 1. The first kappa shape index (κ1) is 18.5. The maximum absolute atomic E-state index is 12.5. The van der Waals surface area contributed by atoms with Crippen molar-refractivity contribution in [1.29, 1.82) is 0 Å². The Morgan fingerprint density at radius 1 is 1.07 bits per heavy atom. The van der Waals surface area contributed by atoms with Crippen LogP contribution in [0.15, 0.2) is 67.0 Å². The van der Waals surface area contributed by atoms with E-state index in [0.29, 0.717) is 12.1 Å². The van der Waals surface area contributed by atoms with Gasteiger partial charge in [-0.15, -0.1) is 0 Å². The highest BCUT2D eigenvalue weighted by Gasteiger charge is 2.17. The molecule has 1 aliphatic rings. The summed E-state index contributed by atoms with van der Waals surface area (Å²) in [5.41, 5.74) is 5.46. The summed E-state index contributed by atoms with van der Waals surface area (Å²) in [6.45, 7) is 2.35. The Morgan fingerprint density at radius 3 is 2.68 bits per heavy atom. The lowest BCUT2D eigenvalue weighted by atomic mass is 9.99. The zero-order chi connectivity index (χ0) is 19.3. The van der Waals surface area contributed by atoms with Gasteiger partial charge in [0.05, 0.1) is 17.4 Å². The number of amides is 1. The Labute approximate surface area is 170 Å². The van der Waals surface area contributed by atoms with Crippen molar-refractivity contribution in [2.45, 2.75) is 19.4 Å². The minimum Gasteiger partial charge on any atom is -0.366 e. The maximum atomic E-state index is 12.5. The van der Waals surface area contributed by atoms with E-state index in [1.54, 1.807) is 6.20 Å². The summed E-state index contributed by atoms with van der Waals surface area (Å²) in [5, 5.41) is 3.70. The predicted molar refractivity (Wildman–Crippen MR) is 113 cm³/mol. The van der Waals surface area contributed by atoms with E-state index in [4.69, 9.17) is 11.6 Å². The molecule has 142 valence electrons. The van der Waals surface area contributed by atoms with Gasteiger partial charge in [0, 0.05) is 30.9 Å². The van der Waals surface area contributed by atoms with Gasteiger partial charge in [-0.05, 0) is 47.7 Å². The van der Waals surface area contributed by atoms with Gasteiger partial charge >= 0.3 is 0 Å².